The van der Waals surface area contributed by atoms with E-state index in [1.165, 1.54) is 5.56 Å². The van der Waals surface area contributed by atoms with E-state index in [9.17, 15) is 14.7 Å². The van der Waals surface area contributed by atoms with Crippen molar-refractivity contribution in [3.05, 3.63) is 54.1 Å². The van der Waals surface area contributed by atoms with E-state index in [1.807, 2.05) is 24.3 Å². The van der Waals surface area contributed by atoms with Crippen molar-refractivity contribution in [1.29, 1.82) is 0 Å². The molecule has 2 aromatic carbocycles. The summed E-state index contributed by atoms with van der Waals surface area (Å²) in [6.45, 7) is 2.89. The van der Waals surface area contributed by atoms with Crippen LogP contribution in [-0.4, -0.2) is 36.5 Å². The van der Waals surface area contributed by atoms with Gasteiger partial charge in [0.15, 0.2) is 6.61 Å². The predicted octanol–water partition coefficient (Wildman–Crippen LogP) is 2.03. The second-order valence-electron chi connectivity index (χ2n) is 6.65. The van der Waals surface area contributed by atoms with E-state index in [-0.39, 0.29) is 12.5 Å². The molecule has 136 valence electrons. The van der Waals surface area contributed by atoms with Crippen LogP contribution in [-0.2, 0) is 9.59 Å². The molecule has 0 aromatic heterocycles. The van der Waals surface area contributed by atoms with Gasteiger partial charge in [0.05, 0.1) is 0 Å². The molecular formula is C21H22NO4-. The van der Waals surface area contributed by atoms with Crippen LogP contribution in [0, 0.1) is 12.8 Å². The van der Waals surface area contributed by atoms with Crippen molar-refractivity contribution in [2.45, 2.75) is 19.8 Å². The van der Waals surface area contributed by atoms with E-state index >= 15 is 0 Å². The van der Waals surface area contributed by atoms with Gasteiger partial charge in [0.2, 0.25) is 0 Å². The predicted molar refractivity (Wildman–Crippen MR) is 96.4 cm³/mol. The molecule has 2 aromatic rings. The number of hydrogen-bond donors (Lipinski definition) is 0. The number of nitrogens with zero attached hydrogens (tertiary/aromatic N) is 1. The first kappa shape index (κ1) is 18.0. The number of amides is 1. The molecule has 1 heterocycles. The Kier molecular flexibility index (Phi) is 5.56. The van der Waals surface area contributed by atoms with Gasteiger partial charge >= 0.3 is 0 Å². The molecule has 26 heavy (non-hydrogen) atoms. The van der Waals surface area contributed by atoms with Gasteiger partial charge in [-0.05, 0) is 43.0 Å². The van der Waals surface area contributed by atoms with Crippen LogP contribution >= 0.6 is 0 Å². The molecule has 0 N–H and O–H groups in total. The molecule has 0 atom stereocenters. The summed E-state index contributed by atoms with van der Waals surface area (Å²) < 4.78 is 5.59. The SMILES string of the molecule is Cc1ccc(-c2ccc(OCC(=O)N3CCC(C(=O)[O-])CC3)cc2)cc1. The number of aliphatic carboxylic acids is 1. The summed E-state index contributed by atoms with van der Waals surface area (Å²) >= 11 is 0. The second-order valence-corrected chi connectivity index (χ2v) is 6.65. The van der Waals surface area contributed by atoms with Gasteiger partial charge in [-0.3, -0.25) is 4.79 Å². The molecule has 1 aliphatic rings. The Labute approximate surface area is 153 Å². The highest BCUT2D eigenvalue weighted by Gasteiger charge is 2.23. The highest BCUT2D eigenvalue weighted by Crippen LogP contribution is 2.23. The molecule has 1 fully saturated rings. The molecular weight excluding hydrogens is 330 g/mol. The number of benzene rings is 2. The first-order chi connectivity index (χ1) is 12.5. The Morgan fingerprint density at radius 1 is 1.00 bits per heavy atom. The van der Waals surface area contributed by atoms with Crippen molar-refractivity contribution >= 4 is 11.9 Å². The molecule has 5 heteroatoms. The van der Waals surface area contributed by atoms with Crippen LogP contribution in [0.1, 0.15) is 18.4 Å². The Balaban J connectivity index is 1.51. The minimum absolute atomic E-state index is 0.0418. The second kappa shape index (κ2) is 8.04. The van der Waals surface area contributed by atoms with Crippen molar-refractivity contribution in [3.63, 3.8) is 0 Å². The maximum Gasteiger partial charge on any atom is 0.260 e. The van der Waals surface area contributed by atoms with Crippen molar-refractivity contribution in [1.82, 2.24) is 4.90 Å². The van der Waals surface area contributed by atoms with Crippen molar-refractivity contribution in [2.75, 3.05) is 19.7 Å². The molecule has 0 aliphatic carbocycles. The topological polar surface area (TPSA) is 69.7 Å². The number of rotatable bonds is 5. The number of hydrogen-bond acceptors (Lipinski definition) is 4. The van der Waals surface area contributed by atoms with Gasteiger partial charge in [0.1, 0.15) is 5.75 Å². The number of carbonyl (C=O) groups excluding carboxylic acids is 2. The van der Waals surface area contributed by atoms with Crippen molar-refractivity contribution in [2.24, 2.45) is 5.92 Å². The largest absolute Gasteiger partial charge is 0.550 e. The fourth-order valence-corrected chi connectivity index (χ4v) is 3.09. The van der Waals surface area contributed by atoms with Crippen molar-refractivity contribution < 1.29 is 19.4 Å². The van der Waals surface area contributed by atoms with E-state index in [0.29, 0.717) is 31.7 Å². The number of likely N-dealkylation sites (tertiary alicyclic amines) is 1. The first-order valence-electron chi connectivity index (χ1n) is 8.81. The van der Waals surface area contributed by atoms with Crippen LogP contribution in [0.3, 0.4) is 0 Å². The summed E-state index contributed by atoms with van der Waals surface area (Å²) in [4.78, 5) is 24.7. The number of ether oxygens (including phenoxy) is 1. The fourth-order valence-electron chi connectivity index (χ4n) is 3.09. The smallest absolute Gasteiger partial charge is 0.260 e. The third-order valence-electron chi connectivity index (χ3n) is 4.78. The Bertz CT molecular complexity index is 760. The van der Waals surface area contributed by atoms with E-state index < -0.39 is 11.9 Å². The third kappa shape index (κ3) is 4.42. The summed E-state index contributed by atoms with van der Waals surface area (Å²) in [6.07, 6.45) is 0.888. The number of aryl methyl sites for hydroxylation is 1. The summed E-state index contributed by atoms with van der Waals surface area (Å²) in [6, 6.07) is 15.9. The standard InChI is InChI=1S/C21H23NO4/c1-15-2-4-16(5-3-15)17-6-8-19(9-7-17)26-14-20(23)22-12-10-18(11-13-22)21(24)25/h2-9,18H,10-14H2,1H3,(H,24,25)/p-1. The van der Waals surface area contributed by atoms with Crippen LogP contribution in [0.2, 0.25) is 0 Å². The van der Waals surface area contributed by atoms with Gasteiger partial charge in [0, 0.05) is 25.0 Å². The summed E-state index contributed by atoms with van der Waals surface area (Å²) in [5, 5.41) is 10.8. The average Bonchev–Trinajstić information content (AvgIpc) is 2.67. The molecule has 0 unspecified atom stereocenters. The van der Waals surface area contributed by atoms with Crippen LogP contribution in [0.4, 0.5) is 0 Å². The normalized spacial score (nSPS) is 14.9. The number of carbonyl (C=O) groups is 2. The first-order valence-corrected chi connectivity index (χ1v) is 8.81. The molecule has 5 nitrogen and oxygen atoms in total. The van der Waals surface area contributed by atoms with Crippen LogP contribution in [0.15, 0.2) is 48.5 Å². The van der Waals surface area contributed by atoms with Gasteiger partial charge in [-0.25, -0.2) is 0 Å². The van der Waals surface area contributed by atoms with Gasteiger partial charge in [0.25, 0.3) is 5.91 Å². The Morgan fingerprint density at radius 3 is 2.08 bits per heavy atom. The van der Waals surface area contributed by atoms with Gasteiger partial charge in [-0.15, -0.1) is 0 Å². The van der Waals surface area contributed by atoms with Gasteiger partial charge in [-0.2, -0.15) is 0 Å². The molecule has 0 spiro atoms. The Morgan fingerprint density at radius 2 is 1.54 bits per heavy atom. The lowest BCUT2D eigenvalue weighted by atomic mass is 9.97. The highest BCUT2D eigenvalue weighted by atomic mass is 16.5. The lowest BCUT2D eigenvalue weighted by molar-refractivity contribution is -0.312. The van der Waals surface area contributed by atoms with Crippen LogP contribution in [0.25, 0.3) is 11.1 Å². The van der Waals surface area contributed by atoms with Crippen LogP contribution in [0.5, 0.6) is 5.75 Å². The maximum atomic E-state index is 12.2. The molecule has 0 saturated carbocycles. The zero-order chi connectivity index (χ0) is 18.5. The van der Waals surface area contributed by atoms with E-state index in [4.69, 9.17) is 4.74 Å². The lowest BCUT2D eigenvalue weighted by Gasteiger charge is -2.32. The molecule has 0 radical (unpaired) electrons. The maximum absolute atomic E-state index is 12.2. The summed E-state index contributed by atoms with van der Waals surface area (Å²) in [5.74, 6) is -0.959. The average molecular weight is 352 g/mol. The molecule has 3 rings (SSSR count). The van der Waals surface area contributed by atoms with Gasteiger partial charge < -0.3 is 19.5 Å². The number of carboxylic acid groups (broad SMARTS) is 1. The highest BCUT2D eigenvalue weighted by molar-refractivity contribution is 5.78. The van der Waals surface area contributed by atoms with Crippen molar-refractivity contribution in [3.8, 4) is 16.9 Å². The number of carboxylic acids is 1. The van der Waals surface area contributed by atoms with E-state index in [2.05, 4.69) is 31.2 Å². The van der Waals surface area contributed by atoms with Gasteiger partial charge in [-0.1, -0.05) is 42.0 Å². The summed E-state index contributed by atoms with van der Waals surface area (Å²) in [7, 11) is 0. The fraction of sp³-hybridized carbons (Fsp3) is 0.333. The molecule has 1 amide bonds. The zero-order valence-electron chi connectivity index (χ0n) is 14.8. The molecule has 1 aliphatic heterocycles. The molecule has 1 saturated heterocycles. The zero-order valence-corrected chi connectivity index (χ0v) is 14.8. The minimum Gasteiger partial charge on any atom is -0.550 e. The quantitative estimate of drug-likeness (QED) is 0.826. The monoisotopic (exact) mass is 352 g/mol. The Hall–Kier alpha value is -2.82. The minimum atomic E-state index is -1.03. The van der Waals surface area contributed by atoms with E-state index in [1.54, 1.807) is 4.90 Å². The van der Waals surface area contributed by atoms with Crippen LogP contribution < -0.4 is 9.84 Å². The molecule has 0 bridgehead atoms. The lowest BCUT2D eigenvalue weighted by Crippen LogP contribution is -2.45. The summed E-state index contributed by atoms with van der Waals surface area (Å²) in [5.41, 5.74) is 3.44. The number of piperidine rings is 1. The van der Waals surface area contributed by atoms with E-state index in [0.717, 1.165) is 11.1 Å². The third-order valence-corrected chi connectivity index (χ3v) is 4.78.